The summed E-state index contributed by atoms with van der Waals surface area (Å²) in [7, 11) is 1.88. The molecule has 1 fully saturated rings. The van der Waals surface area contributed by atoms with E-state index in [2.05, 4.69) is 44.5 Å². The molecule has 0 unspecified atom stereocenters. The number of aliphatic hydroxyl groups is 1. The Morgan fingerprint density at radius 2 is 2.08 bits per heavy atom. The average molecular weight is 492 g/mol. The molecule has 0 radical (unpaired) electrons. The second kappa shape index (κ2) is 10.2. The molecule has 2 atom stereocenters. The van der Waals surface area contributed by atoms with Crippen LogP contribution in [0.5, 0.6) is 0 Å². The van der Waals surface area contributed by atoms with Crippen LogP contribution in [0.15, 0.2) is 43.0 Å². The molecule has 4 heterocycles. The predicted octanol–water partition coefficient (Wildman–Crippen LogP) is 3.86. The van der Waals surface area contributed by atoms with E-state index in [9.17, 15) is 9.50 Å². The van der Waals surface area contributed by atoms with E-state index in [4.69, 9.17) is 4.74 Å². The Morgan fingerprint density at radius 1 is 1.22 bits per heavy atom. The van der Waals surface area contributed by atoms with E-state index in [-0.39, 0.29) is 30.2 Å². The largest absolute Gasteiger partial charge is 0.389 e. The Bertz CT molecular complexity index is 1370. The highest BCUT2D eigenvalue weighted by Crippen LogP contribution is 2.32. The lowest BCUT2D eigenvalue weighted by atomic mass is 9.92. The summed E-state index contributed by atoms with van der Waals surface area (Å²) in [6.45, 7) is 5.66. The first kappa shape index (κ1) is 24.1. The van der Waals surface area contributed by atoms with Crippen molar-refractivity contribution in [1.82, 2.24) is 24.7 Å². The van der Waals surface area contributed by atoms with Gasteiger partial charge in [-0.1, -0.05) is 19.9 Å². The predicted molar refractivity (Wildman–Crippen MR) is 136 cm³/mol. The van der Waals surface area contributed by atoms with Crippen molar-refractivity contribution < 1.29 is 14.2 Å². The van der Waals surface area contributed by atoms with Crippen LogP contribution in [0, 0.1) is 5.82 Å². The number of aryl methyl sites for hydroxylation is 1. The van der Waals surface area contributed by atoms with Gasteiger partial charge in [-0.05, 0) is 35.6 Å². The molecule has 0 saturated carbocycles. The summed E-state index contributed by atoms with van der Waals surface area (Å²) < 4.78 is 21.9. The lowest BCUT2D eigenvalue weighted by Crippen LogP contribution is -2.42. The molecule has 3 aromatic heterocycles. The summed E-state index contributed by atoms with van der Waals surface area (Å²) in [5.41, 5.74) is 4.82. The van der Waals surface area contributed by atoms with Crippen LogP contribution in [0.1, 0.15) is 37.3 Å². The van der Waals surface area contributed by atoms with Gasteiger partial charge in [0.25, 0.3) is 0 Å². The van der Waals surface area contributed by atoms with Crippen LogP contribution in [0.2, 0.25) is 0 Å². The van der Waals surface area contributed by atoms with Gasteiger partial charge in [0.15, 0.2) is 5.82 Å². The number of nitrogens with one attached hydrogen (secondary N) is 2. The molecule has 0 spiro atoms. The second-order valence-corrected chi connectivity index (χ2v) is 9.41. The quantitative estimate of drug-likeness (QED) is 0.358. The maximum atomic E-state index is 14.9. The Morgan fingerprint density at radius 3 is 2.83 bits per heavy atom. The van der Waals surface area contributed by atoms with Crippen molar-refractivity contribution in [1.29, 1.82) is 0 Å². The summed E-state index contributed by atoms with van der Waals surface area (Å²) in [6.07, 6.45) is 6.71. The van der Waals surface area contributed by atoms with Gasteiger partial charge in [0.05, 0.1) is 42.4 Å². The summed E-state index contributed by atoms with van der Waals surface area (Å²) >= 11 is 0. The number of hydrogen-bond donors (Lipinski definition) is 3. The Balaban J connectivity index is 1.49. The zero-order valence-corrected chi connectivity index (χ0v) is 20.6. The van der Waals surface area contributed by atoms with E-state index in [0.717, 1.165) is 33.9 Å². The highest BCUT2D eigenvalue weighted by Gasteiger charge is 2.25. The van der Waals surface area contributed by atoms with E-state index < -0.39 is 11.9 Å². The third kappa shape index (κ3) is 5.00. The van der Waals surface area contributed by atoms with Crippen LogP contribution >= 0.6 is 0 Å². The van der Waals surface area contributed by atoms with E-state index in [0.29, 0.717) is 25.1 Å². The van der Waals surface area contributed by atoms with Crippen LogP contribution in [0.4, 0.5) is 16.0 Å². The van der Waals surface area contributed by atoms with E-state index >= 15 is 0 Å². The Labute approximate surface area is 208 Å². The number of nitrogens with zero attached hydrogens (tertiary/aromatic N) is 5. The first-order chi connectivity index (χ1) is 17.4. The SMILES string of the molecule is CC(C)c1c(CNc2cnn(C)c2)cnc2ccc(-c3nc(N[C@@H]4CCOC[C@H]4O)ncc3F)cc12. The molecule has 10 heteroatoms. The van der Waals surface area contributed by atoms with Gasteiger partial charge in [-0.2, -0.15) is 5.10 Å². The zero-order chi connectivity index (χ0) is 25.2. The minimum atomic E-state index is -0.671. The van der Waals surface area contributed by atoms with Gasteiger partial charge in [-0.3, -0.25) is 9.67 Å². The Hall–Kier alpha value is -3.63. The monoisotopic (exact) mass is 491 g/mol. The molecule has 0 aliphatic carbocycles. The lowest BCUT2D eigenvalue weighted by molar-refractivity contribution is -0.0136. The molecule has 0 bridgehead atoms. The molecular formula is C26H30FN7O2. The maximum absolute atomic E-state index is 14.9. The smallest absolute Gasteiger partial charge is 0.223 e. The highest BCUT2D eigenvalue weighted by atomic mass is 19.1. The van der Waals surface area contributed by atoms with E-state index in [1.807, 2.05) is 37.6 Å². The molecule has 3 N–H and O–H groups in total. The van der Waals surface area contributed by atoms with Crippen molar-refractivity contribution in [3.63, 3.8) is 0 Å². The molecule has 0 amide bonds. The van der Waals surface area contributed by atoms with Crippen molar-refractivity contribution in [2.45, 2.75) is 44.9 Å². The Kier molecular flexibility index (Phi) is 6.80. The van der Waals surface area contributed by atoms with Gasteiger partial charge < -0.3 is 20.5 Å². The molecule has 1 saturated heterocycles. The zero-order valence-electron chi connectivity index (χ0n) is 20.6. The van der Waals surface area contributed by atoms with Gasteiger partial charge in [0, 0.05) is 43.5 Å². The fourth-order valence-electron chi connectivity index (χ4n) is 4.63. The number of pyridine rings is 1. The molecule has 4 aromatic rings. The van der Waals surface area contributed by atoms with Crippen LogP contribution in [-0.4, -0.2) is 55.2 Å². The maximum Gasteiger partial charge on any atom is 0.223 e. The first-order valence-electron chi connectivity index (χ1n) is 12.1. The fourth-order valence-corrected chi connectivity index (χ4v) is 4.63. The molecular weight excluding hydrogens is 461 g/mol. The molecule has 9 nitrogen and oxygen atoms in total. The van der Waals surface area contributed by atoms with E-state index in [1.54, 1.807) is 10.9 Å². The number of aliphatic hydroxyl groups excluding tert-OH is 1. The summed E-state index contributed by atoms with van der Waals surface area (Å²) in [4.78, 5) is 13.2. The number of hydrogen-bond acceptors (Lipinski definition) is 8. The average Bonchev–Trinajstić information content (AvgIpc) is 3.29. The van der Waals surface area contributed by atoms with Gasteiger partial charge >= 0.3 is 0 Å². The number of aromatic nitrogens is 5. The van der Waals surface area contributed by atoms with Crippen molar-refractivity contribution >= 4 is 22.5 Å². The normalized spacial score (nSPS) is 18.1. The summed E-state index contributed by atoms with van der Waals surface area (Å²) in [5.74, 6) is -0.0195. The molecule has 1 aliphatic rings. The van der Waals surface area contributed by atoms with Gasteiger partial charge in [0.1, 0.15) is 5.69 Å². The topological polar surface area (TPSA) is 110 Å². The molecule has 36 heavy (non-hydrogen) atoms. The molecule has 5 rings (SSSR count). The van der Waals surface area contributed by atoms with Gasteiger partial charge in [-0.15, -0.1) is 0 Å². The van der Waals surface area contributed by atoms with Crippen molar-refractivity contribution in [3.8, 4) is 11.3 Å². The number of halogens is 1. The minimum absolute atomic E-state index is 0.199. The number of fused-ring (bicyclic) bond motifs is 1. The second-order valence-electron chi connectivity index (χ2n) is 9.41. The van der Waals surface area contributed by atoms with Gasteiger partial charge in [-0.25, -0.2) is 14.4 Å². The number of anilines is 2. The van der Waals surface area contributed by atoms with Gasteiger partial charge in [0.2, 0.25) is 5.95 Å². The van der Waals surface area contributed by atoms with Crippen LogP contribution in [-0.2, 0) is 18.3 Å². The third-order valence-electron chi connectivity index (χ3n) is 6.42. The first-order valence-corrected chi connectivity index (χ1v) is 12.1. The minimum Gasteiger partial charge on any atom is -0.389 e. The molecule has 1 aromatic carbocycles. The van der Waals surface area contributed by atoms with E-state index in [1.165, 1.54) is 0 Å². The molecule has 188 valence electrons. The van der Waals surface area contributed by atoms with Crippen molar-refractivity contribution in [2.24, 2.45) is 7.05 Å². The van der Waals surface area contributed by atoms with Crippen molar-refractivity contribution in [3.05, 3.63) is 59.9 Å². The summed E-state index contributed by atoms with van der Waals surface area (Å²) in [6, 6.07) is 5.42. The number of ether oxygens (including phenoxy) is 1. The highest BCUT2D eigenvalue weighted by molar-refractivity contribution is 5.88. The number of rotatable bonds is 7. The van der Waals surface area contributed by atoms with Crippen LogP contribution in [0.25, 0.3) is 22.2 Å². The lowest BCUT2D eigenvalue weighted by Gasteiger charge is -2.28. The third-order valence-corrected chi connectivity index (χ3v) is 6.42. The molecule has 1 aliphatic heterocycles. The fraction of sp³-hybridized carbons (Fsp3) is 0.385. The van der Waals surface area contributed by atoms with Crippen LogP contribution in [0.3, 0.4) is 0 Å². The number of benzene rings is 1. The van der Waals surface area contributed by atoms with Crippen LogP contribution < -0.4 is 10.6 Å². The summed E-state index contributed by atoms with van der Waals surface area (Å²) in [5, 5.41) is 21.9. The van der Waals surface area contributed by atoms with Crippen molar-refractivity contribution in [2.75, 3.05) is 23.8 Å². The standard InChI is InChI=1S/C26H30FN7O2/c1-15(2)24-17(9-28-18-11-31-34(3)13-18)10-29-21-5-4-16(8-19(21)24)25-20(27)12-30-26(33-25)32-22-6-7-36-14-23(22)35/h4-5,8,10-13,15,22-23,28,35H,6-7,9,14H2,1-3H3,(H,30,32,33)/t22-,23-/m1/s1.